The van der Waals surface area contributed by atoms with Crippen LogP contribution in [-0.4, -0.2) is 33.9 Å². The molecule has 1 aliphatic rings. The number of anilines is 1. The normalized spacial score (nSPS) is 13.6. The summed E-state index contributed by atoms with van der Waals surface area (Å²) in [7, 11) is 0. The molecule has 1 unspecified atom stereocenters. The minimum Gasteiger partial charge on any atom is -0.486 e. The van der Waals surface area contributed by atoms with E-state index in [-0.39, 0.29) is 18.0 Å². The van der Waals surface area contributed by atoms with Gasteiger partial charge in [0.1, 0.15) is 13.2 Å². The zero-order valence-electron chi connectivity index (χ0n) is 16.8. The summed E-state index contributed by atoms with van der Waals surface area (Å²) in [6, 6.07) is 10.2. The van der Waals surface area contributed by atoms with Gasteiger partial charge < -0.3 is 14.8 Å². The van der Waals surface area contributed by atoms with Gasteiger partial charge in [0.15, 0.2) is 16.7 Å². The van der Waals surface area contributed by atoms with E-state index in [0.717, 1.165) is 0 Å². The second-order valence-electron chi connectivity index (χ2n) is 6.87. The van der Waals surface area contributed by atoms with E-state index < -0.39 is 5.25 Å². The molecular formula is C22H20ClN3O4S. The van der Waals surface area contributed by atoms with E-state index in [1.54, 1.807) is 49.4 Å². The summed E-state index contributed by atoms with van der Waals surface area (Å²) in [6.07, 6.45) is 1.62. The van der Waals surface area contributed by atoms with Crippen molar-refractivity contribution in [3.05, 3.63) is 64.4 Å². The third kappa shape index (κ3) is 4.55. The number of nitrogens with one attached hydrogen (secondary N) is 1. The molecular weight excluding hydrogens is 438 g/mol. The predicted octanol–water partition coefficient (Wildman–Crippen LogP) is 4.13. The third-order valence-corrected chi connectivity index (χ3v) is 5.98. The zero-order valence-corrected chi connectivity index (χ0v) is 18.3. The molecule has 1 aromatic heterocycles. The molecule has 0 aliphatic carbocycles. The zero-order chi connectivity index (χ0) is 22.0. The molecule has 0 spiro atoms. The van der Waals surface area contributed by atoms with E-state index in [2.05, 4.69) is 16.9 Å². The number of carbonyl (C=O) groups excluding carboxylic acids is 1. The van der Waals surface area contributed by atoms with Crippen LogP contribution in [0.15, 0.2) is 59.0 Å². The lowest BCUT2D eigenvalue weighted by atomic mass is 10.2. The summed E-state index contributed by atoms with van der Waals surface area (Å²) >= 11 is 7.26. The highest BCUT2D eigenvalue weighted by atomic mass is 35.5. The molecule has 0 saturated heterocycles. The number of halogens is 1. The molecule has 1 atom stereocenters. The second-order valence-corrected chi connectivity index (χ2v) is 8.61. The van der Waals surface area contributed by atoms with Crippen LogP contribution in [-0.2, 0) is 11.3 Å². The Hall–Kier alpha value is -2.97. The molecule has 1 aliphatic heterocycles. The Kier molecular flexibility index (Phi) is 6.20. The minimum atomic E-state index is -0.521. The molecule has 3 aromatic rings. The Bertz CT molecular complexity index is 1230. The molecule has 2 aromatic carbocycles. The van der Waals surface area contributed by atoms with Crippen LogP contribution in [0.2, 0.25) is 5.02 Å². The minimum absolute atomic E-state index is 0.205. The van der Waals surface area contributed by atoms with Crippen molar-refractivity contribution >= 4 is 45.9 Å². The first-order valence-corrected chi connectivity index (χ1v) is 10.9. The van der Waals surface area contributed by atoms with E-state index >= 15 is 0 Å². The van der Waals surface area contributed by atoms with Crippen molar-refractivity contribution in [2.75, 3.05) is 18.5 Å². The van der Waals surface area contributed by atoms with Gasteiger partial charge in [-0.05, 0) is 37.3 Å². The Morgan fingerprint density at radius 1 is 1.29 bits per heavy atom. The smallest absolute Gasteiger partial charge is 0.262 e. The maximum Gasteiger partial charge on any atom is 0.262 e. The molecule has 160 valence electrons. The van der Waals surface area contributed by atoms with Gasteiger partial charge in [-0.3, -0.25) is 14.2 Å². The average Bonchev–Trinajstić information content (AvgIpc) is 2.76. The van der Waals surface area contributed by atoms with Gasteiger partial charge in [-0.1, -0.05) is 29.4 Å². The summed E-state index contributed by atoms with van der Waals surface area (Å²) in [6.45, 7) is 6.72. The number of ether oxygens (including phenoxy) is 2. The molecule has 1 N–H and O–H groups in total. The molecule has 2 heterocycles. The summed E-state index contributed by atoms with van der Waals surface area (Å²) < 4.78 is 12.6. The van der Waals surface area contributed by atoms with Crippen LogP contribution in [0.3, 0.4) is 0 Å². The number of fused-ring (bicyclic) bond motifs is 2. The van der Waals surface area contributed by atoms with Crippen molar-refractivity contribution in [3.63, 3.8) is 0 Å². The Balaban J connectivity index is 1.57. The molecule has 0 saturated carbocycles. The topological polar surface area (TPSA) is 82.5 Å². The van der Waals surface area contributed by atoms with Gasteiger partial charge in [0.25, 0.3) is 5.56 Å². The number of amides is 1. The fraction of sp³-hybridized carbons (Fsp3) is 0.227. The first kappa shape index (κ1) is 21.3. The van der Waals surface area contributed by atoms with Crippen molar-refractivity contribution in [3.8, 4) is 11.5 Å². The number of rotatable bonds is 6. The SMILES string of the molecule is C=CCn1c(SC(C)C(=O)Nc2ccc3c(c2)OCCO3)nc2cc(Cl)ccc2c1=O. The van der Waals surface area contributed by atoms with E-state index in [4.69, 9.17) is 21.1 Å². The molecule has 1 amide bonds. The highest BCUT2D eigenvalue weighted by Gasteiger charge is 2.20. The van der Waals surface area contributed by atoms with Crippen molar-refractivity contribution < 1.29 is 14.3 Å². The summed E-state index contributed by atoms with van der Waals surface area (Å²) in [5, 5.41) is 3.72. The Morgan fingerprint density at radius 2 is 2.06 bits per heavy atom. The van der Waals surface area contributed by atoms with Crippen molar-refractivity contribution in [2.45, 2.75) is 23.9 Å². The third-order valence-electron chi connectivity index (χ3n) is 4.66. The number of hydrogen-bond donors (Lipinski definition) is 1. The highest BCUT2D eigenvalue weighted by molar-refractivity contribution is 8.00. The van der Waals surface area contributed by atoms with Crippen molar-refractivity contribution in [2.24, 2.45) is 0 Å². The number of thioether (sulfide) groups is 1. The van der Waals surface area contributed by atoms with Gasteiger partial charge in [0.05, 0.1) is 16.2 Å². The van der Waals surface area contributed by atoms with Gasteiger partial charge in [0, 0.05) is 23.3 Å². The van der Waals surface area contributed by atoms with E-state index in [9.17, 15) is 9.59 Å². The number of allylic oxidation sites excluding steroid dienone is 1. The first-order valence-electron chi connectivity index (χ1n) is 9.64. The van der Waals surface area contributed by atoms with Crippen LogP contribution >= 0.6 is 23.4 Å². The number of carbonyl (C=O) groups is 1. The van der Waals surface area contributed by atoms with Gasteiger partial charge >= 0.3 is 0 Å². The van der Waals surface area contributed by atoms with Crippen LogP contribution in [0.25, 0.3) is 10.9 Å². The Morgan fingerprint density at radius 3 is 2.84 bits per heavy atom. The van der Waals surface area contributed by atoms with Crippen molar-refractivity contribution in [1.82, 2.24) is 9.55 Å². The monoisotopic (exact) mass is 457 g/mol. The maximum atomic E-state index is 12.9. The molecule has 0 fully saturated rings. The molecule has 0 bridgehead atoms. The fourth-order valence-electron chi connectivity index (χ4n) is 3.13. The lowest BCUT2D eigenvalue weighted by Gasteiger charge is -2.19. The lowest BCUT2D eigenvalue weighted by molar-refractivity contribution is -0.115. The van der Waals surface area contributed by atoms with Gasteiger partial charge in [0.2, 0.25) is 5.91 Å². The number of nitrogens with zero attached hydrogens (tertiary/aromatic N) is 2. The summed E-state index contributed by atoms with van der Waals surface area (Å²) in [5.41, 5.74) is 0.881. The maximum absolute atomic E-state index is 12.9. The van der Waals surface area contributed by atoms with Crippen molar-refractivity contribution in [1.29, 1.82) is 0 Å². The fourth-order valence-corrected chi connectivity index (χ4v) is 4.21. The molecule has 0 radical (unpaired) electrons. The highest BCUT2D eigenvalue weighted by Crippen LogP contribution is 2.33. The molecule has 4 rings (SSSR count). The predicted molar refractivity (Wildman–Crippen MR) is 123 cm³/mol. The van der Waals surface area contributed by atoms with Gasteiger partial charge in [-0.15, -0.1) is 6.58 Å². The van der Waals surface area contributed by atoms with Gasteiger partial charge in [-0.25, -0.2) is 4.98 Å². The van der Waals surface area contributed by atoms with E-state index in [0.29, 0.717) is 51.5 Å². The van der Waals surface area contributed by atoms with E-state index in [1.165, 1.54) is 16.3 Å². The summed E-state index contributed by atoms with van der Waals surface area (Å²) in [5.74, 6) is 1.02. The molecule has 9 heteroatoms. The number of aromatic nitrogens is 2. The second kappa shape index (κ2) is 9.03. The molecule has 31 heavy (non-hydrogen) atoms. The van der Waals surface area contributed by atoms with Crippen LogP contribution in [0.1, 0.15) is 6.92 Å². The van der Waals surface area contributed by atoms with Crippen LogP contribution < -0.4 is 20.3 Å². The number of benzene rings is 2. The first-order chi connectivity index (χ1) is 15.0. The average molecular weight is 458 g/mol. The standard InChI is InChI=1S/C22H20ClN3O4S/c1-3-8-26-21(28)16-6-4-14(23)11-17(16)25-22(26)31-13(2)20(27)24-15-5-7-18-19(12-15)30-10-9-29-18/h3-7,11-13H,1,8-10H2,2H3,(H,24,27). The molecule has 7 nitrogen and oxygen atoms in total. The van der Waals surface area contributed by atoms with Crippen LogP contribution in [0.4, 0.5) is 5.69 Å². The number of hydrogen-bond acceptors (Lipinski definition) is 6. The quantitative estimate of drug-likeness (QED) is 0.340. The largest absolute Gasteiger partial charge is 0.486 e. The van der Waals surface area contributed by atoms with E-state index in [1.807, 2.05) is 0 Å². The summed E-state index contributed by atoms with van der Waals surface area (Å²) in [4.78, 5) is 30.3. The van der Waals surface area contributed by atoms with Gasteiger partial charge in [-0.2, -0.15) is 0 Å². The lowest BCUT2D eigenvalue weighted by Crippen LogP contribution is -2.27. The van der Waals surface area contributed by atoms with Crippen LogP contribution in [0.5, 0.6) is 11.5 Å². The Labute approximate surface area is 188 Å². The van der Waals surface area contributed by atoms with Crippen LogP contribution in [0, 0.1) is 0 Å².